The minimum atomic E-state index is -0.00307. The number of carbonyl (C=O) groups is 1. The van der Waals surface area contributed by atoms with Gasteiger partial charge in [0, 0.05) is 26.2 Å². The van der Waals surface area contributed by atoms with Gasteiger partial charge < -0.3 is 20.1 Å². The molecule has 1 aliphatic rings. The SMILES string of the molecule is O=C(CCOc1cccc(CO)c1)N1CCNCC1. The zero-order chi connectivity index (χ0) is 13.5. The Morgan fingerprint density at radius 3 is 2.89 bits per heavy atom. The van der Waals surface area contributed by atoms with Gasteiger partial charge in [-0.2, -0.15) is 0 Å². The van der Waals surface area contributed by atoms with Crippen LogP contribution in [-0.4, -0.2) is 48.7 Å². The molecule has 0 radical (unpaired) electrons. The quantitative estimate of drug-likeness (QED) is 0.807. The first-order valence-electron chi connectivity index (χ1n) is 6.60. The van der Waals surface area contributed by atoms with Crippen molar-refractivity contribution in [2.45, 2.75) is 13.0 Å². The van der Waals surface area contributed by atoms with E-state index in [1.165, 1.54) is 0 Å². The smallest absolute Gasteiger partial charge is 0.226 e. The van der Waals surface area contributed by atoms with Crippen LogP contribution in [0, 0.1) is 0 Å². The fourth-order valence-electron chi connectivity index (χ4n) is 2.06. The minimum Gasteiger partial charge on any atom is -0.493 e. The van der Waals surface area contributed by atoms with Gasteiger partial charge in [-0.25, -0.2) is 0 Å². The summed E-state index contributed by atoms with van der Waals surface area (Å²) in [6, 6.07) is 7.28. The molecule has 0 aromatic heterocycles. The predicted molar refractivity (Wildman–Crippen MR) is 71.9 cm³/mol. The highest BCUT2D eigenvalue weighted by atomic mass is 16.5. The number of carbonyl (C=O) groups excluding carboxylic acids is 1. The predicted octanol–water partition coefficient (Wildman–Crippen LogP) is 0.380. The number of hydrogen-bond donors (Lipinski definition) is 2. The van der Waals surface area contributed by atoms with E-state index in [1.807, 2.05) is 23.1 Å². The topological polar surface area (TPSA) is 61.8 Å². The van der Waals surface area contributed by atoms with E-state index in [0.717, 1.165) is 31.7 Å². The second-order valence-corrected chi connectivity index (χ2v) is 4.53. The number of amides is 1. The number of rotatable bonds is 5. The number of nitrogens with zero attached hydrogens (tertiary/aromatic N) is 1. The van der Waals surface area contributed by atoms with E-state index in [2.05, 4.69) is 5.32 Å². The molecule has 1 amide bonds. The van der Waals surface area contributed by atoms with Gasteiger partial charge in [-0.3, -0.25) is 4.79 Å². The van der Waals surface area contributed by atoms with Crippen LogP contribution in [0.4, 0.5) is 0 Å². The van der Waals surface area contributed by atoms with Crippen LogP contribution in [0.3, 0.4) is 0 Å². The third-order valence-electron chi connectivity index (χ3n) is 3.14. The van der Waals surface area contributed by atoms with Gasteiger partial charge in [-0.15, -0.1) is 0 Å². The summed E-state index contributed by atoms with van der Waals surface area (Å²) < 4.78 is 5.54. The summed E-state index contributed by atoms with van der Waals surface area (Å²) in [5, 5.41) is 12.2. The van der Waals surface area contributed by atoms with Gasteiger partial charge in [-0.1, -0.05) is 12.1 Å². The van der Waals surface area contributed by atoms with Gasteiger partial charge >= 0.3 is 0 Å². The molecule has 0 spiro atoms. The lowest BCUT2D eigenvalue weighted by Crippen LogP contribution is -2.46. The Balaban J connectivity index is 1.74. The molecule has 0 aliphatic carbocycles. The number of ether oxygens (including phenoxy) is 1. The standard InChI is InChI=1S/C14H20N2O3/c17-11-12-2-1-3-13(10-12)19-9-4-14(18)16-7-5-15-6-8-16/h1-3,10,15,17H,4-9,11H2. The highest BCUT2D eigenvalue weighted by Crippen LogP contribution is 2.13. The van der Waals surface area contributed by atoms with Gasteiger partial charge in [0.25, 0.3) is 0 Å². The first kappa shape index (κ1) is 13.8. The molecule has 0 unspecified atom stereocenters. The summed E-state index contributed by atoms with van der Waals surface area (Å²) in [5.41, 5.74) is 0.811. The van der Waals surface area contributed by atoms with Gasteiger partial charge in [0.15, 0.2) is 0 Å². The fraction of sp³-hybridized carbons (Fsp3) is 0.500. The van der Waals surface area contributed by atoms with Crippen LogP contribution in [-0.2, 0) is 11.4 Å². The number of piperazine rings is 1. The molecule has 5 nitrogen and oxygen atoms in total. The molecule has 2 rings (SSSR count). The number of benzene rings is 1. The molecule has 0 saturated carbocycles. The Bertz CT molecular complexity index is 417. The molecule has 1 aromatic rings. The monoisotopic (exact) mass is 264 g/mol. The second-order valence-electron chi connectivity index (χ2n) is 4.53. The minimum absolute atomic E-state index is 0.00307. The molecule has 19 heavy (non-hydrogen) atoms. The van der Waals surface area contributed by atoms with Gasteiger partial charge in [-0.05, 0) is 17.7 Å². The number of nitrogens with one attached hydrogen (secondary N) is 1. The Morgan fingerprint density at radius 2 is 2.16 bits per heavy atom. The molecule has 1 aromatic carbocycles. The summed E-state index contributed by atoms with van der Waals surface area (Å²) in [4.78, 5) is 13.8. The summed E-state index contributed by atoms with van der Waals surface area (Å²) in [6.45, 7) is 3.66. The normalized spacial score (nSPS) is 15.3. The molecule has 1 aliphatic heterocycles. The van der Waals surface area contributed by atoms with Crippen LogP contribution >= 0.6 is 0 Å². The fourth-order valence-corrected chi connectivity index (χ4v) is 2.06. The largest absolute Gasteiger partial charge is 0.493 e. The van der Waals surface area contributed by atoms with E-state index < -0.39 is 0 Å². The molecule has 5 heteroatoms. The van der Waals surface area contributed by atoms with Crippen LogP contribution in [0.15, 0.2) is 24.3 Å². The first-order valence-corrected chi connectivity index (χ1v) is 6.60. The average Bonchev–Trinajstić information content (AvgIpc) is 2.48. The summed E-state index contributed by atoms with van der Waals surface area (Å²) in [6.07, 6.45) is 0.392. The van der Waals surface area contributed by atoms with Crippen molar-refractivity contribution in [1.82, 2.24) is 10.2 Å². The highest BCUT2D eigenvalue weighted by molar-refractivity contribution is 5.76. The van der Waals surface area contributed by atoms with Gasteiger partial charge in [0.05, 0.1) is 19.6 Å². The molecule has 104 valence electrons. The first-order chi connectivity index (χ1) is 9.29. The van der Waals surface area contributed by atoms with E-state index >= 15 is 0 Å². The van der Waals surface area contributed by atoms with E-state index in [1.54, 1.807) is 6.07 Å². The van der Waals surface area contributed by atoms with Crippen molar-refractivity contribution in [2.24, 2.45) is 0 Å². The molecule has 0 atom stereocenters. The van der Waals surface area contributed by atoms with Crippen molar-refractivity contribution in [3.8, 4) is 5.75 Å². The molecule has 0 bridgehead atoms. The third kappa shape index (κ3) is 4.22. The van der Waals surface area contributed by atoms with Crippen molar-refractivity contribution in [1.29, 1.82) is 0 Å². The van der Waals surface area contributed by atoms with Crippen molar-refractivity contribution < 1.29 is 14.6 Å². The van der Waals surface area contributed by atoms with Crippen molar-refractivity contribution in [3.05, 3.63) is 29.8 Å². The summed E-state index contributed by atoms with van der Waals surface area (Å²) in [5.74, 6) is 0.833. The van der Waals surface area contributed by atoms with Crippen LogP contribution in [0.25, 0.3) is 0 Å². The van der Waals surface area contributed by atoms with E-state index in [4.69, 9.17) is 9.84 Å². The molecule has 1 saturated heterocycles. The van der Waals surface area contributed by atoms with Gasteiger partial charge in [0.2, 0.25) is 5.91 Å². The van der Waals surface area contributed by atoms with E-state index in [9.17, 15) is 4.79 Å². The number of hydrogen-bond acceptors (Lipinski definition) is 4. The van der Waals surface area contributed by atoms with Gasteiger partial charge in [0.1, 0.15) is 5.75 Å². The third-order valence-corrected chi connectivity index (χ3v) is 3.14. The molecule has 1 heterocycles. The van der Waals surface area contributed by atoms with Crippen molar-refractivity contribution in [2.75, 3.05) is 32.8 Å². The maximum Gasteiger partial charge on any atom is 0.226 e. The lowest BCUT2D eigenvalue weighted by Gasteiger charge is -2.27. The second kappa shape index (κ2) is 7.11. The lowest BCUT2D eigenvalue weighted by molar-refractivity contribution is -0.132. The maximum atomic E-state index is 11.9. The molecular formula is C14H20N2O3. The summed E-state index contributed by atoms with van der Waals surface area (Å²) >= 11 is 0. The van der Waals surface area contributed by atoms with Crippen molar-refractivity contribution >= 4 is 5.91 Å². The molecular weight excluding hydrogens is 244 g/mol. The Labute approximate surface area is 113 Å². The number of aliphatic hydroxyl groups is 1. The lowest BCUT2D eigenvalue weighted by atomic mass is 10.2. The van der Waals surface area contributed by atoms with Crippen molar-refractivity contribution in [3.63, 3.8) is 0 Å². The Hall–Kier alpha value is -1.59. The maximum absolute atomic E-state index is 11.9. The van der Waals surface area contributed by atoms with E-state index in [0.29, 0.717) is 18.8 Å². The van der Waals surface area contributed by atoms with Crippen LogP contribution < -0.4 is 10.1 Å². The highest BCUT2D eigenvalue weighted by Gasteiger charge is 2.15. The van der Waals surface area contributed by atoms with Crippen LogP contribution in [0.5, 0.6) is 5.75 Å². The zero-order valence-electron chi connectivity index (χ0n) is 11.0. The Kier molecular flexibility index (Phi) is 5.18. The average molecular weight is 264 g/mol. The zero-order valence-corrected chi connectivity index (χ0v) is 11.0. The molecule has 1 fully saturated rings. The summed E-state index contributed by atoms with van der Waals surface area (Å²) in [7, 11) is 0. The Morgan fingerprint density at radius 1 is 1.37 bits per heavy atom. The molecule has 2 N–H and O–H groups in total. The van der Waals surface area contributed by atoms with E-state index in [-0.39, 0.29) is 12.5 Å². The van der Waals surface area contributed by atoms with Crippen LogP contribution in [0.2, 0.25) is 0 Å². The van der Waals surface area contributed by atoms with Crippen LogP contribution in [0.1, 0.15) is 12.0 Å². The number of aliphatic hydroxyl groups excluding tert-OH is 1.